The largest absolute Gasteiger partial charge is 0.497 e. The van der Waals surface area contributed by atoms with Crippen molar-refractivity contribution in [2.45, 2.75) is 37.8 Å². The summed E-state index contributed by atoms with van der Waals surface area (Å²) in [4.78, 5) is 26.8. The van der Waals surface area contributed by atoms with Gasteiger partial charge in [-0.25, -0.2) is 0 Å². The van der Waals surface area contributed by atoms with Crippen LogP contribution in [0.25, 0.3) is 0 Å². The van der Waals surface area contributed by atoms with E-state index in [1.165, 1.54) is 0 Å². The average molecular weight is 384 g/mol. The van der Waals surface area contributed by atoms with E-state index in [4.69, 9.17) is 9.47 Å². The molecular formula is C18H26ClN3O4. The monoisotopic (exact) mass is 383 g/mol. The standard InChI is InChI=1S/C18H25N3O4.ClH/c1-24-13-9-12(10-14(11-13)25-2)21-8-6-16(18(21)23)20-17(22)15-5-3-4-7-19-15;/h9-11,15-16,19H,3-8H2,1-2H3,(H,20,22);1H. The minimum atomic E-state index is -0.478. The van der Waals surface area contributed by atoms with Gasteiger partial charge in [0.2, 0.25) is 11.8 Å². The molecule has 2 N–H and O–H groups in total. The Morgan fingerprint density at radius 3 is 2.42 bits per heavy atom. The Labute approximate surface area is 159 Å². The van der Waals surface area contributed by atoms with Crippen molar-refractivity contribution >= 4 is 29.9 Å². The average Bonchev–Trinajstić information content (AvgIpc) is 3.02. The summed E-state index contributed by atoms with van der Waals surface area (Å²) >= 11 is 0. The second-order valence-electron chi connectivity index (χ2n) is 6.41. The first-order chi connectivity index (χ1) is 12.1. The molecule has 7 nitrogen and oxygen atoms in total. The van der Waals surface area contributed by atoms with E-state index in [1.54, 1.807) is 37.3 Å². The summed E-state index contributed by atoms with van der Waals surface area (Å²) in [6, 6.07) is 4.69. The molecule has 0 spiro atoms. The fourth-order valence-electron chi connectivity index (χ4n) is 3.37. The summed E-state index contributed by atoms with van der Waals surface area (Å²) in [7, 11) is 3.15. The topological polar surface area (TPSA) is 79.9 Å². The van der Waals surface area contributed by atoms with Crippen LogP contribution in [-0.2, 0) is 9.59 Å². The summed E-state index contributed by atoms with van der Waals surface area (Å²) in [6.45, 7) is 1.41. The zero-order chi connectivity index (χ0) is 17.8. The number of nitrogens with one attached hydrogen (secondary N) is 2. The highest BCUT2D eigenvalue weighted by Gasteiger charge is 2.35. The number of halogens is 1. The summed E-state index contributed by atoms with van der Waals surface area (Å²) in [6.07, 6.45) is 3.55. The lowest BCUT2D eigenvalue weighted by molar-refractivity contribution is -0.128. The normalized spacial score (nSPS) is 22.5. The zero-order valence-electron chi connectivity index (χ0n) is 15.1. The van der Waals surface area contributed by atoms with Crippen LogP contribution in [0.2, 0.25) is 0 Å². The number of amides is 2. The van der Waals surface area contributed by atoms with Crippen molar-refractivity contribution < 1.29 is 19.1 Å². The van der Waals surface area contributed by atoms with E-state index in [0.717, 1.165) is 25.8 Å². The number of carbonyl (C=O) groups is 2. The summed E-state index contributed by atoms with van der Waals surface area (Å²) in [5, 5.41) is 6.11. The molecule has 2 saturated heterocycles. The number of hydrogen-bond donors (Lipinski definition) is 2. The van der Waals surface area contributed by atoms with Gasteiger partial charge < -0.3 is 25.0 Å². The van der Waals surface area contributed by atoms with Gasteiger partial charge in [0.25, 0.3) is 0 Å². The molecule has 2 atom stereocenters. The molecule has 0 bridgehead atoms. The van der Waals surface area contributed by atoms with E-state index in [9.17, 15) is 9.59 Å². The third-order valence-corrected chi connectivity index (χ3v) is 4.80. The van der Waals surface area contributed by atoms with Gasteiger partial charge in [0, 0.05) is 24.7 Å². The molecular weight excluding hydrogens is 358 g/mol. The molecule has 8 heteroatoms. The van der Waals surface area contributed by atoms with Gasteiger partial charge in [-0.05, 0) is 25.8 Å². The second-order valence-corrected chi connectivity index (χ2v) is 6.41. The Kier molecular flexibility index (Phi) is 7.11. The fourth-order valence-corrected chi connectivity index (χ4v) is 3.37. The molecule has 2 heterocycles. The van der Waals surface area contributed by atoms with Gasteiger partial charge in [-0.15, -0.1) is 12.4 Å². The SMILES string of the molecule is COc1cc(OC)cc(N2CCC(NC(=O)C3CCCCN3)C2=O)c1.Cl. The van der Waals surface area contributed by atoms with Crippen molar-refractivity contribution in [3.8, 4) is 11.5 Å². The van der Waals surface area contributed by atoms with Crippen LogP contribution in [0, 0.1) is 0 Å². The molecule has 2 amide bonds. The fraction of sp³-hybridized carbons (Fsp3) is 0.556. The van der Waals surface area contributed by atoms with E-state index in [-0.39, 0.29) is 30.3 Å². The molecule has 144 valence electrons. The molecule has 26 heavy (non-hydrogen) atoms. The molecule has 3 rings (SSSR count). The van der Waals surface area contributed by atoms with Gasteiger partial charge in [0.15, 0.2) is 0 Å². The van der Waals surface area contributed by atoms with E-state index < -0.39 is 6.04 Å². The number of anilines is 1. The molecule has 1 aromatic rings. The van der Waals surface area contributed by atoms with E-state index >= 15 is 0 Å². The number of hydrogen-bond acceptors (Lipinski definition) is 5. The van der Waals surface area contributed by atoms with Gasteiger partial charge in [-0.2, -0.15) is 0 Å². The van der Waals surface area contributed by atoms with Gasteiger partial charge >= 0.3 is 0 Å². The maximum absolute atomic E-state index is 12.7. The highest BCUT2D eigenvalue weighted by Crippen LogP contribution is 2.31. The van der Waals surface area contributed by atoms with Crippen LogP contribution in [-0.4, -0.2) is 51.2 Å². The van der Waals surface area contributed by atoms with Crippen LogP contribution in [0.3, 0.4) is 0 Å². The first kappa shape index (κ1) is 20.3. The van der Waals surface area contributed by atoms with Gasteiger partial charge in [-0.3, -0.25) is 9.59 Å². The molecule has 0 saturated carbocycles. The smallest absolute Gasteiger partial charge is 0.249 e. The highest BCUT2D eigenvalue weighted by molar-refractivity contribution is 6.02. The lowest BCUT2D eigenvalue weighted by Crippen LogP contribution is -2.51. The van der Waals surface area contributed by atoms with Gasteiger partial charge in [0.1, 0.15) is 17.5 Å². The number of carbonyl (C=O) groups excluding carboxylic acids is 2. The Morgan fingerprint density at radius 1 is 1.15 bits per heavy atom. The number of ether oxygens (including phenoxy) is 2. The van der Waals surface area contributed by atoms with Crippen LogP contribution >= 0.6 is 12.4 Å². The molecule has 2 aliphatic rings. The molecule has 0 radical (unpaired) electrons. The summed E-state index contributed by atoms with van der Waals surface area (Å²) < 4.78 is 10.5. The van der Waals surface area contributed by atoms with Gasteiger partial charge in [0.05, 0.1) is 25.9 Å². The van der Waals surface area contributed by atoms with Crippen molar-refractivity contribution in [2.24, 2.45) is 0 Å². The van der Waals surface area contributed by atoms with Crippen LogP contribution in [0.4, 0.5) is 5.69 Å². The van der Waals surface area contributed by atoms with Crippen molar-refractivity contribution in [3.63, 3.8) is 0 Å². The summed E-state index contributed by atoms with van der Waals surface area (Å²) in [5.74, 6) is 1.07. The number of benzene rings is 1. The van der Waals surface area contributed by atoms with E-state index in [1.807, 2.05) is 0 Å². The third kappa shape index (κ3) is 4.40. The lowest BCUT2D eigenvalue weighted by atomic mass is 10.0. The Bertz CT molecular complexity index is 627. The Hall–Kier alpha value is -1.99. The van der Waals surface area contributed by atoms with Crippen LogP contribution in [0.15, 0.2) is 18.2 Å². The Morgan fingerprint density at radius 2 is 1.85 bits per heavy atom. The quantitative estimate of drug-likeness (QED) is 0.805. The van der Waals surface area contributed by atoms with Crippen molar-refractivity contribution in [2.75, 3.05) is 32.2 Å². The predicted octanol–water partition coefficient (Wildman–Crippen LogP) is 1.49. The van der Waals surface area contributed by atoms with Crippen molar-refractivity contribution in [1.82, 2.24) is 10.6 Å². The van der Waals surface area contributed by atoms with E-state index in [2.05, 4.69) is 10.6 Å². The summed E-state index contributed by atoms with van der Waals surface area (Å²) in [5.41, 5.74) is 0.716. The first-order valence-electron chi connectivity index (χ1n) is 8.70. The third-order valence-electron chi connectivity index (χ3n) is 4.80. The van der Waals surface area contributed by atoms with Crippen LogP contribution in [0.1, 0.15) is 25.7 Å². The van der Waals surface area contributed by atoms with Crippen LogP contribution in [0.5, 0.6) is 11.5 Å². The first-order valence-corrected chi connectivity index (χ1v) is 8.70. The van der Waals surface area contributed by atoms with E-state index in [0.29, 0.717) is 30.2 Å². The van der Waals surface area contributed by atoms with Crippen molar-refractivity contribution in [3.05, 3.63) is 18.2 Å². The molecule has 0 aromatic heterocycles. The minimum Gasteiger partial charge on any atom is -0.497 e. The molecule has 0 aliphatic carbocycles. The highest BCUT2D eigenvalue weighted by atomic mass is 35.5. The number of methoxy groups -OCH3 is 2. The number of nitrogens with zero attached hydrogens (tertiary/aromatic N) is 1. The second kappa shape index (κ2) is 9.09. The number of rotatable bonds is 5. The van der Waals surface area contributed by atoms with Gasteiger partial charge in [-0.1, -0.05) is 6.42 Å². The van der Waals surface area contributed by atoms with Crippen molar-refractivity contribution in [1.29, 1.82) is 0 Å². The maximum Gasteiger partial charge on any atom is 0.249 e. The molecule has 2 aliphatic heterocycles. The molecule has 2 unspecified atom stereocenters. The molecule has 2 fully saturated rings. The molecule has 1 aromatic carbocycles. The van der Waals surface area contributed by atoms with Crippen LogP contribution < -0.4 is 25.0 Å². The number of piperidine rings is 1. The lowest BCUT2D eigenvalue weighted by Gasteiger charge is -2.24. The Balaban J connectivity index is 0.00000243. The minimum absolute atomic E-state index is 0. The zero-order valence-corrected chi connectivity index (χ0v) is 15.9. The predicted molar refractivity (Wildman–Crippen MR) is 101 cm³/mol. The maximum atomic E-state index is 12.7.